The number of carbonyl (C=O) groups excluding carboxylic acids is 1. The quantitative estimate of drug-likeness (QED) is 0.0829. The Labute approximate surface area is 208 Å². The Hall–Kier alpha value is -0.760. The molecule has 0 bridgehead atoms. The SMILES string of the molecule is CCCCC/C=C/C(O)C(COP(=O)(O)OCC[N+](C)(C)C)NC(=O)CCCCCCCCC. The number of nitrogens with zero attached hydrogens (tertiary/aromatic N) is 1. The topological polar surface area (TPSA) is 105 Å². The minimum Gasteiger partial charge on any atom is -0.387 e. The molecule has 0 aliphatic carbocycles. The van der Waals surface area contributed by atoms with Crippen LogP contribution in [0.25, 0.3) is 0 Å². The second-order valence-electron chi connectivity index (χ2n) is 10.1. The maximum Gasteiger partial charge on any atom is 0.472 e. The van der Waals surface area contributed by atoms with Crippen LogP contribution in [-0.4, -0.2) is 73.4 Å². The summed E-state index contributed by atoms with van der Waals surface area (Å²) in [6, 6.07) is -0.832. The normalized spacial score (nSPS) is 15.9. The molecule has 202 valence electrons. The van der Waals surface area contributed by atoms with Crippen molar-refractivity contribution in [2.24, 2.45) is 0 Å². The number of phosphoric ester groups is 1. The Bertz CT molecular complexity index is 594. The average molecular weight is 508 g/mol. The molecule has 0 radical (unpaired) electrons. The molecule has 3 unspecified atom stereocenters. The lowest BCUT2D eigenvalue weighted by Gasteiger charge is -2.25. The number of hydrogen-bond donors (Lipinski definition) is 3. The van der Waals surface area contributed by atoms with Crippen LogP contribution in [0.3, 0.4) is 0 Å². The van der Waals surface area contributed by atoms with Gasteiger partial charge < -0.3 is 19.8 Å². The number of likely N-dealkylation sites (N-methyl/N-ethyl adjacent to an activating group) is 1. The molecule has 9 heteroatoms. The fourth-order valence-corrected chi connectivity index (χ4v) is 4.01. The molecule has 8 nitrogen and oxygen atoms in total. The molecular weight excluding hydrogens is 455 g/mol. The number of unbranched alkanes of at least 4 members (excludes halogenated alkanes) is 9. The number of carbonyl (C=O) groups is 1. The Balaban J connectivity index is 4.72. The van der Waals surface area contributed by atoms with Gasteiger partial charge in [-0.1, -0.05) is 77.4 Å². The number of rotatable bonds is 22. The van der Waals surface area contributed by atoms with E-state index in [1.54, 1.807) is 6.08 Å². The lowest BCUT2D eigenvalue weighted by molar-refractivity contribution is -0.870. The second-order valence-corrected chi connectivity index (χ2v) is 11.5. The van der Waals surface area contributed by atoms with Gasteiger partial charge in [0.15, 0.2) is 0 Å². The fraction of sp³-hybridized carbons (Fsp3) is 0.880. The van der Waals surface area contributed by atoms with Crippen LogP contribution in [0.2, 0.25) is 0 Å². The number of amides is 1. The summed E-state index contributed by atoms with van der Waals surface area (Å²) in [6.07, 6.45) is 14.7. The summed E-state index contributed by atoms with van der Waals surface area (Å²) in [7, 11) is 1.56. The summed E-state index contributed by atoms with van der Waals surface area (Å²) < 4.78 is 23.0. The molecule has 0 heterocycles. The molecule has 3 atom stereocenters. The fourth-order valence-electron chi connectivity index (χ4n) is 3.27. The predicted molar refractivity (Wildman–Crippen MR) is 138 cm³/mol. The van der Waals surface area contributed by atoms with Crippen molar-refractivity contribution >= 4 is 13.7 Å². The minimum absolute atomic E-state index is 0.0619. The predicted octanol–water partition coefficient (Wildman–Crippen LogP) is 4.95. The molecule has 0 aromatic carbocycles. The molecule has 1 amide bonds. The first-order valence-corrected chi connectivity index (χ1v) is 14.6. The average Bonchev–Trinajstić information content (AvgIpc) is 2.74. The van der Waals surface area contributed by atoms with Crippen LogP contribution in [0.1, 0.15) is 90.9 Å². The van der Waals surface area contributed by atoms with Gasteiger partial charge in [-0.15, -0.1) is 0 Å². The Morgan fingerprint density at radius 1 is 0.971 bits per heavy atom. The number of phosphoric acid groups is 1. The monoisotopic (exact) mass is 507 g/mol. The van der Waals surface area contributed by atoms with E-state index in [0.29, 0.717) is 17.4 Å². The maximum absolute atomic E-state index is 12.4. The first-order chi connectivity index (χ1) is 16.0. The van der Waals surface area contributed by atoms with Gasteiger partial charge in [0, 0.05) is 6.42 Å². The number of hydrogen-bond acceptors (Lipinski definition) is 5. The van der Waals surface area contributed by atoms with E-state index in [9.17, 15) is 19.4 Å². The summed E-state index contributed by atoms with van der Waals surface area (Å²) >= 11 is 0. The highest BCUT2D eigenvalue weighted by molar-refractivity contribution is 7.47. The highest BCUT2D eigenvalue weighted by Crippen LogP contribution is 2.43. The van der Waals surface area contributed by atoms with Crippen molar-refractivity contribution in [1.29, 1.82) is 0 Å². The van der Waals surface area contributed by atoms with Gasteiger partial charge in [-0.3, -0.25) is 13.8 Å². The van der Waals surface area contributed by atoms with Crippen LogP contribution in [0.5, 0.6) is 0 Å². The zero-order valence-electron chi connectivity index (χ0n) is 22.3. The standard InChI is InChI=1S/C25H51N2O6P/c1-6-8-10-12-13-15-17-19-25(29)26-23(24(28)18-16-14-11-9-7-2)22-33-34(30,31)32-21-20-27(3,4)5/h16,18,23-24,28H,6-15,17,19-22H2,1-5H3,(H-,26,29,30,31)/p+1/b18-16+. The van der Waals surface area contributed by atoms with Gasteiger partial charge in [0.2, 0.25) is 5.91 Å². The molecule has 0 aliphatic heterocycles. The van der Waals surface area contributed by atoms with Gasteiger partial charge in [-0.2, -0.15) is 0 Å². The van der Waals surface area contributed by atoms with E-state index in [-0.39, 0.29) is 19.1 Å². The molecule has 0 rings (SSSR count). The van der Waals surface area contributed by atoms with Gasteiger partial charge in [0.25, 0.3) is 0 Å². The summed E-state index contributed by atoms with van der Waals surface area (Å²) in [4.78, 5) is 22.5. The molecule has 0 aromatic heterocycles. The highest BCUT2D eigenvalue weighted by Gasteiger charge is 2.27. The molecule has 0 saturated heterocycles. The van der Waals surface area contributed by atoms with E-state index in [4.69, 9.17) is 9.05 Å². The highest BCUT2D eigenvalue weighted by atomic mass is 31.2. The van der Waals surface area contributed by atoms with Crippen LogP contribution in [-0.2, 0) is 18.4 Å². The zero-order valence-corrected chi connectivity index (χ0v) is 23.2. The summed E-state index contributed by atoms with van der Waals surface area (Å²) in [5.41, 5.74) is 0. The summed E-state index contributed by atoms with van der Waals surface area (Å²) in [6.45, 7) is 4.60. The molecule has 0 fully saturated rings. The Morgan fingerprint density at radius 2 is 1.56 bits per heavy atom. The first kappa shape index (κ1) is 33.2. The van der Waals surface area contributed by atoms with Crippen molar-refractivity contribution in [3.05, 3.63) is 12.2 Å². The van der Waals surface area contributed by atoms with Crippen LogP contribution in [0, 0.1) is 0 Å². The third kappa shape index (κ3) is 20.6. The van der Waals surface area contributed by atoms with Crippen molar-refractivity contribution in [3.8, 4) is 0 Å². The second kappa shape index (κ2) is 19.4. The summed E-state index contributed by atoms with van der Waals surface area (Å²) in [5, 5.41) is 13.4. The van der Waals surface area contributed by atoms with Crippen LogP contribution >= 0.6 is 7.82 Å². The molecule has 0 aliphatic rings. The minimum atomic E-state index is -4.29. The summed E-state index contributed by atoms with van der Waals surface area (Å²) in [5.74, 6) is -0.195. The lowest BCUT2D eigenvalue weighted by Crippen LogP contribution is -2.45. The van der Waals surface area contributed by atoms with E-state index < -0.39 is 20.0 Å². The van der Waals surface area contributed by atoms with Gasteiger partial charge in [0.05, 0.1) is 39.9 Å². The van der Waals surface area contributed by atoms with Gasteiger partial charge in [-0.25, -0.2) is 4.57 Å². The largest absolute Gasteiger partial charge is 0.472 e. The number of quaternary nitrogens is 1. The first-order valence-electron chi connectivity index (χ1n) is 13.1. The van der Waals surface area contributed by atoms with Crippen LogP contribution in [0.15, 0.2) is 12.2 Å². The van der Waals surface area contributed by atoms with Crippen molar-refractivity contribution < 1.29 is 32.9 Å². The van der Waals surface area contributed by atoms with E-state index in [0.717, 1.165) is 44.9 Å². The van der Waals surface area contributed by atoms with E-state index in [2.05, 4.69) is 19.2 Å². The van der Waals surface area contributed by atoms with E-state index >= 15 is 0 Å². The third-order valence-electron chi connectivity index (χ3n) is 5.51. The van der Waals surface area contributed by atoms with Crippen molar-refractivity contribution in [2.75, 3.05) is 40.9 Å². The lowest BCUT2D eigenvalue weighted by atomic mass is 10.1. The van der Waals surface area contributed by atoms with Crippen molar-refractivity contribution in [3.63, 3.8) is 0 Å². The van der Waals surface area contributed by atoms with Crippen molar-refractivity contribution in [1.82, 2.24) is 5.32 Å². The molecule has 3 N–H and O–H groups in total. The molecule has 34 heavy (non-hydrogen) atoms. The van der Waals surface area contributed by atoms with Crippen LogP contribution in [0.4, 0.5) is 0 Å². The molecule has 0 saturated carbocycles. The van der Waals surface area contributed by atoms with Crippen molar-refractivity contribution in [2.45, 2.75) is 103 Å². The maximum atomic E-state index is 12.4. The number of aliphatic hydroxyl groups excluding tert-OH is 1. The number of nitrogens with one attached hydrogen (secondary N) is 1. The zero-order chi connectivity index (χ0) is 25.9. The van der Waals surface area contributed by atoms with Gasteiger partial charge >= 0.3 is 7.82 Å². The number of aliphatic hydroxyl groups is 1. The molecule has 0 spiro atoms. The number of allylic oxidation sites excluding steroid dienone is 1. The Kier molecular flexibility index (Phi) is 19.0. The molecule has 0 aromatic rings. The van der Waals surface area contributed by atoms with E-state index in [1.807, 2.05) is 27.2 Å². The Morgan fingerprint density at radius 3 is 2.18 bits per heavy atom. The molecular formula is C25H52N2O6P+. The van der Waals surface area contributed by atoms with Gasteiger partial charge in [-0.05, 0) is 19.3 Å². The van der Waals surface area contributed by atoms with Crippen LogP contribution < -0.4 is 5.32 Å². The third-order valence-corrected chi connectivity index (χ3v) is 6.49. The van der Waals surface area contributed by atoms with E-state index in [1.165, 1.54) is 25.7 Å². The van der Waals surface area contributed by atoms with Gasteiger partial charge in [0.1, 0.15) is 13.2 Å². The smallest absolute Gasteiger partial charge is 0.387 e.